The molecule has 1 atom stereocenters. The van der Waals surface area contributed by atoms with E-state index in [2.05, 4.69) is 12.2 Å². The van der Waals surface area contributed by atoms with E-state index in [1.807, 2.05) is 18.2 Å². The van der Waals surface area contributed by atoms with Crippen LogP contribution in [0.4, 0.5) is 0 Å². The van der Waals surface area contributed by atoms with E-state index in [0.717, 1.165) is 12.1 Å². The van der Waals surface area contributed by atoms with Crippen LogP contribution in [0.5, 0.6) is 0 Å². The third kappa shape index (κ3) is 4.39. The largest absolute Gasteiger partial charge is 0.383 e. The highest BCUT2D eigenvalue weighted by Crippen LogP contribution is 2.22. The summed E-state index contributed by atoms with van der Waals surface area (Å²) < 4.78 is 5.03. The smallest absolute Gasteiger partial charge is 0.0613 e. The zero-order valence-electron chi connectivity index (χ0n) is 8.89. The molecule has 15 heavy (non-hydrogen) atoms. The molecule has 0 radical (unpaired) electrons. The van der Waals surface area contributed by atoms with Gasteiger partial charge in [-0.25, -0.2) is 0 Å². The first-order valence-electron chi connectivity index (χ1n) is 4.79. The first-order chi connectivity index (χ1) is 7.13. The molecule has 2 nitrogen and oxygen atoms in total. The number of ether oxygens (including phenoxy) is 1. The average molecular weight is 248 g/mol. The van der Waals surface area contributed by atoms with Crippen molar-refractivity contribution in [2.45, 2.75) is 19.5 Å². The van der Waals surface area contributed by atoms with Crippen LogP contribution in [-0.2, 0) is 11.3 Å². The molecule has 1 rings (SSSR count). The number of rotatable bonds is 5. The number of benzene rings is 1. The Balaban J connectivity index is 2.47. The second-order valence-electron chi connectivity index (χ2n) is 3.49. The molecule has 4 heteroatoms. The van der Waals surface area contributed by atoms with E-state index in [0.29, 0.717) is 22.7 Å². The quantitative estimate of drug-likeness (QED) is 0.864. The van der Waals surface area contributed by atoms with Crippen molar-refractivity contribution in [3.05, 3.63) is 33.8 Å². The zero-order chi connectivity index (χ0) is 11.3. The van der Waals surface area contributed by atoms with Gasteiger partial charge < -0.3 is 10.1 Å². The monoisotopic (exact) mass is 247 g/mol. The van der Waals surface area contributed by atoms with E-state index in [1.54, 1.807) is 7.11 Å². The highest BCUT2D eigenvalue weighted by Gasteiger charge is 2.02. The maximum absolute atomic E-state index is 5.91. The van der Waals surface area contributed by atoms with Gasteiger partial charge in [-0.1, -0.05) is 29.3 Å². The average Bonchev–Trinajstić information content (AvgIpc) is 2.20. The minimum atomic E-state index is 0.324. The van der Waals surface area contributed by atoms with Gasteiger partial charge in [0, 0.05) is 19.7 Å². The van der Waals surface area contributed by atoms with Crippen molar-refractivity contribution in [2.75, 3.05) is 13.7 Å². The number of nitrogens with one attached hydrogen (secondary N) is 1. The summed E-state index contributed by atoms with van der Waals surface area (Å²) in [6, 6.07) is 5.96. The minimum absolute atomic E-state index is 0.324. The SMILES string of the molecule is COC[C@@H](C)NCc1ccc(Cl)c(Cl)c1. The van der Waals surface area contributed by atoms with E-state index in [9.17, 15) is 0 Å². The molecule has 0 aliphatic rings. The summed E-state index contributed by atoms with van der Waals surface area (Å²) in [5, 5.41) is 4.50. The normalized spacial score (nSPS) is 12.8. The van der Waals surface area contributed by atoms with Gasteiger partial charge in [-0.05, 0) is 24.6 Å². The van der Waals surface area contributed by atoms with Gasteiger partial charge in [-0.15, -0.1) is 0 Å². The predicted molar refractivity (Wildman–Crippen MR) is 64.6 cm³/mol. The summed E-state index contributed by atoms with van der Waals surface area (Å²) in [4.78, 5) is 0. The van der Waals surface area contributed by atoms with Gasteiger partial charge in [-0.3, -0.25) is 0 Å². The fourth-order valence-electron chi connectivity index (χ4n) is 1.25. The Morgan fingerprint density at radius 2 is 2.07 bits per heavy atom. The molecule has 0 fully saturated rings. The molecule has 1 N–H and O–H groups in total. The second-order valence-corrected chi connectivity index (χ2v) is 4.30. The zero-order valence-corrected chi connectivity index (χ0v) is 10.4. The molecule has 0 aliphatic carbocycles. The van der Waals surface area contributed by atoms with E-state index in [-0.39, 0.29) is 0 Å². The van der Waals surface area contributed by atoms with Crippen molar-refractivity contribution in [1.29, 1.82) is 0 Å². The van der Waals surface area contributed by atoms with E-state index in [1.165, 1.54) is 0 Å². The molecule has 1 aromatic carbocycles. The molecule has 0 amide bonds. The van der Waals surface area contributed by atoms with Gasteiger partial charge in [0.05, 0.1) is 16.7 Å². The van der Waals surface area contributed by atoms with E-state index >= 15 is 0 Å². The number of hydrogen-bond donors (Lipinski definition) is 1. The minimum Gasteiger partial charge on any atom is -0.383 e. The van der Waals surface area contributed by atoms with Crippen molar-refractivity contribution in [2.24, 2.45) is 0 Å². The molecule has 0 bridgehead atoms. The van der Waals surface area contributed by atoms with Crippen LogP contribution in [0.2, 0.25) is 10.0 Å². The van der Waals surface area contributed by atoms with Crippen LogP contribution >= 0.6 is 23.2 Å². The van der Waals surface area contributed by atoms with Crippen LogP contribution in [0.15, 0.2) is 18.2 Å². The lowest BCUT2D eigenvalue weighted by Crippen LogP contribution is -2.29. The van der Waals surface area contributed by atoms with Gasteiger partial charge in [-0.2, -0.15) is 0 Å². The summed E-state index contributed by atoms with van der Waals surface area (Å²) in [6.07, 6.45) is 0. The molecule has 0 saturated carbocycles. The highest BCUT2D eigenvalue weighted by molar-refractivity contribution is 6.42. The number of methoxy groups -OCH3 is 1. The third-order valence-corrected chi connectivity index (χ3v) is 2.79. The maximum Gasteiger partial charge on any atom is 0.0613 e. The topological polar surface area (TPSA) is 21.3 Å². The molecule has 84 valence electrons. The van der Waals surface area contributed by atoms with Crippen LogP contribution in [0.3, 0.4) is 0 Å². The van der Waals surface area contributed by atoms with Crippen molar-refractivity contribution >= 4 is 23.2 Å². The summed E-state index contributed by atoms with van der Waals surface area (Å²) in [5.74, 6) is 0. The fourth-order valence-corrected chi connectivity index (χ4v) is 1.57. The summed E-state index contributed by atoms with van der Waals surface area (Å²) in [7, 11) is 1.69. The summed E-state index contributed by atoms with van der Waals surface area (Å²) in [5.41, 5.74) is 1.12. The van der Waals surface area contributed by atoms with E-state index < -0.39 is 0 Å². The Morgan fingerprint density at radius 3 is 2.67 bits per heavy atom. The van der Waals surface area contributed by atoms with Crippen molar-refractivity contribution < 1.29 is 4.74 Å². The van der Waals surface area contributed by atoms with Crippen molar-refractivity contribution in [3.63, 3.8) is 0 Å². The molecular formula is C11H15Cl2NO. The Kier molecular flexibility index (Phi) is 5.40. The first kappa shape index (κ1) is 12.8. The van der Waals surface area contributed by atoms with Gasteiger partial charge in [0.1, 0.15) is 0 Å². The predicted octanol–water partition coefficient (Wildman–Crippen LogP) is 3.12. The lowest BCUT2D eigenvalue weighted by atomic mass is 10.2. The van der Waals surface area contributed by atoms with Crippen LogP contribution < -0.4 is 5.32 Å². The lowest BCUT2D eigenvalue weighted by molar-refractivity contribution is 0.171. The Hall–Kier alpha value is -0.280. The van der Waals surface area contributed by atoms with Crippen molar-refractivity contribution in [3.8, 4) is 0 Å². The van der Waals surface area contributed by atoms with Crippen LogP contribution in [0, 0.1) is 0 Å². The molecular weight excluding hydrogens is 233 g/mol. The maximum atomic E-state index is 5.91. The molecule has 0 unspecified atom stereocenters. The van der Waals surface area contributed by atoms with Gasteiger partial charge in [0.2, 0.25) is 0 Å². The van der Waals surface area contributed by atoms with Gasteiger partial charge >= 0.3 is 0 Å². The summed E-state index contributed by atoms with van der Waals surface area (Å²) in [6.45, 7) is 3.53. The van der Waals surface area contributed by atoms with Crippen molar-refractivity contribution in [1.82, 2.24) is 5.32 Å². The summed E-state index contributed by atoms with van der Waals surface area (Å²) >= 11 is 11.7. The molecule has 0 heterocycles. The molecule has 0 aliphatic heterocycles. The molecule has 1 aromatic rings. The Bertz CT molecular complexity index is 317. The number of halogens is 2. The van der Waals surface area contributed by atoms with E-state index in [4.69, 9.17) is 27.9 Å². The van der Waals surface area contributed by atoms with Crippen LogP contribution in [0.1, 0.15) is 12.5 Å². The highest BCUT2D eigenvalue weighted by atomic mass is 35.5. The lowest BCUT2D eigenvalue weighted by Gasteiger charge is -2.12. The van der Waals surface area contributed by atoms with Gasteiger partial charge in [0.25, 0.3) is 0 Å². The Labute approximate surface area is 101 Å². The first-order valence-corrected chi connectivity index (χ1v) is 5.55. The second kappa shape index (κ2) is 6.33. The molecule has 0 spiro atoms. The van der Waals surface area contributed by atoms with Gasteiger partial charge in [0.15, 0.2) is 0 Å². The van der Waals surface area contributed by atoms with Crippen LogP contribution in [0.25, 0.3) is 0 Å². The number of hydrogen-bond acceptors (Lipinski definition) is 2. The fraction of sp³-hybridized carbons (Fsp3) is 0.455. The standard InChI is InChI=1S/C11H15Cl2NO/c1-8(7-15-2)14-6-9-3-4-10(12)11(13)5-9/h3-5,8,14H,6-7H2,1-2H3/t8-/m1/s1. The molecule has 0 saturated heterocycles. The Morgan fingerprint density at radius 1 is 1.33 bits per heavy atom. The van der Waals surface area contributed by atoms with Crippen LogP contribution in [-0.4, -0.2) is 19.8 Å². The third-order valence-electron chi connectivity index (χ3n) is 2.06. The molecule has 0 aromatic heterocycles.